The van der Waals surface area contributed by atoms with Gasteiger partial charge in [0.15, 0.2) is 0 Å². The van der Waals surface area contributed by atoms with E-state index in [0.717, 1.165) is 13.1 Å². The highest BCUT2D eigenvalue weighted by Crippen LogP contribution is 2.31. The van der Waals surface area contributed by atoms with Crippen molar-refractivity contribution in [3.63, 3.8) is 0 Å². The van der Waals surface area contributed by atoms with Gasteiger partial charge < -0.3 is 10.6 Å². The number of rotatable bonds is 6. The van der Waals surface area contributed by atoms with Gasteiger partial charge in [-0.15, -0.1) is 0 Å². The fraction of sp³-hybridized carbons (Fsp3) is 0.579. The van der Waals surface area contributed by atoms with Gasteiger partial charge in [-0.3, -0.25) is 14.5 Å². The topological polar surface area (TPSA) is 61.4 Å². The third-order valence-corrected chi connectivity index (χ3v) is 5.31. The Morgan fingerprint density at radius 3 is 2.50 bits per heavy atom. The fourth-order valence-corrected chi connectivity index (χ4v) is 3.71. The number of benzene rings is 1. The van der Waals surface area contributed by atoms with Gasteiger partial charge in [-0.1, -0.05) is 36.8 Å². The first kappa shape index (κ1) is 17.0. The monoisotopic (exact) mass is 329 g/mol. The van der Waals surface area contributed by atoms with Gasteiger partial charge in [0.1, 0.15) is 0 Å². The largest absolute Gasteiger partial charge is 0.358 e. The molecule has 24 heavy (non-hydrogen) atoms. The fourth-order valence-electron chi connectivity index (χ4n) is 3.71. The molecule has 5 heteroatoms. The van der Waals surface area contributed by atoms with Crippen molar-refractivity contribution in [3.8, 4) is 0 Å². The first-order valence-corrected chi connectivity index (χ1v) is 8.93. The number of likely N-dealkylation sites (N-methyl/N-ethyl adjacent to an activating group) is 1. The average molecular weight is 329 g/mol. The molecular formula is C19H27N3O2. The summed E-state index contributed by atoms with van der Waals surface area (Å²) in [6.07, 6.45) is 4.27. The maximum absolute atomic E-state index is 12.4. The number of carbonyl (C=O) groups is 2. The van der Waals surface area contributed by atoms with Crippen LogP contribution in [-0.2, 0) is 9.59 Å². The Balaban J connectivity index is 1.65. The van der Waals surface area contributed by atoms with Crippen LogP contribution in [0.15, 0.2) is 30.3 Å². The zero-order valence-corrected chi connectivity index (χ0v) is 14.3. The van der Waals surface area contributed by atoms with Gasteiger partial charge in [0.25, 0.3) is 0 Å². The van der Waals surface area contributed by atoms with Crippen molar-refractivity contribution in [1.29, 1.82) is 0 Å². The van der Waals surface area contributed by atoms with Crippen molar-refractivity contribution in [2.45, 2.75) is 37.6 Å². The van der Waals surface area contributed by atoms with E-state index >= 15 is 0 Å². The van der Waals surface area contributed by atoms with Crippen LogP contribution in [0.5, 0.6) is 0 Å². The lowest BCUT2D eigenvalue weighted by Gasteiger charge is -2.26. The molecule has 1 saturated carbocycles. The number of nitrogens with one attached hydrogen (secondary N) is 2. The predicted octanol–water partition coefficient (Wildman–Crippen LogP) is 1.51. The molecule has 1 aliphatic heterocycles. The Morgan fingerprint density at radius 2 is 1.88 bits per heavy atom. The van der Waals surface area contributed by atoms with Crippen LogP contribution in [0.1, 0.15) is 37.2 Å². The quantitative estimate of drug-likeness (QED) is 0.832. The highest BCUT2D eigenvalue weighted by molar-refractivity contribution is 5.78. The Labute approximate surface area is 143 Å². The zero-order valence-electron chi connectivity index (χ0n) is 14.3. The van der Waals surface area contributed by atoms with Crippen LogP contribution in [0.25, 0.3) is 0 Å². The van der Waals surface area contributed by atoms with Gasteiger partial charge >= 0.3 is 0 Å². The standard InChI is InChI=1S/C19H27N3O2/c1-20-19(24)13-22-11-16(15-8-3-2-4-9-15)17(12-22)21-18(23)10-14-6-5-7-14/h2-4,8-9,14,16-17H,5-7,10-13H2,1H3,(H,20,24)(H,21,23)/t16-,17+/m0/s1. The summed E-state index contributed by atoms with van der Waals surface area (Å²) in [4.78, 5) is 26.2. The number of carbonyl (C=O) groups excluding carboxylic acids is 2. The average Bonchev–Trinajstić information content (AvgIpc) is 2.94. The van der Waals surface area contributed by atoms with Crippen molar-refractivity contribution >= 4 is 11.8 Å². The van der Waals surface area contributed by atoms with Crippen LogP contribution in [-0.4, -0.2) is 49.4 Å². The number of hydrogen-bond acceptors (Lipinski definition) is 3. The number of likely N-dealkylation sites (tertiary alicyclic amines) is 1. The summed E-state index contributed by atoms with van der Waals surface area (Å²) in [5.41, 5.74) is 1.23. The molecule has 5 nitrogen and oxygen atoms in total. The minimum atomic E-state index is 0.0169. The molecule has 2 aliphatic rings. The zero-order chi connectivity index (χ0) is 16.9. The van der Waals surface area contributed by atoms with Crippen LogP contribution in [0.2, 0.25) is 0 Å². The van der Waals surface area contributed by atoms with Gasteiger partial charge in [-0.05, 0) is 24.3 Å². The number of hydrogen-bond donors (Lipinski definition) is 2. The van der Waals surface area contributed by atoms with Crippen molar-refractivity contribution in [2.24, 2.45) is 5.92 Å². The van der Waals surface area contributed by atoms with Crippen molar-refractivity contribution in [3.05, 3.63) is 35.9 Å². The SMILES string of the molecule is CNC(=O)CN1C[C@@H](NC(=O)CC2CCC2)[C@H](c2ccccc2)C1. The third-order valence-electron chi connectivity index (χ3n) is 5.31. The summed E-state index contributed by atoms with van der Waals surface area (Å²) in [6.45, 7) is 1.91. The van der Waals surface area contributed by atoms with E-state index < -0.39 is 0 Å². The lowest BCUT2D eigenvalue weighted by molar-refractivity contribution is -0.123. The van der Waals surface area contributed by atoms with E-state index in [4.69, 9.17) is 0 Å². The molecule has 0 spiro atoms. The molecule has 3 rings (SSSR count). The molecule has 2 amide bonds. The van der Waals surface area contributed by atoms with E-state index in [1.807, 2.05) is 18.2 Å². The normalized spacial score (nSPS) is 24.4. The summed E-state index contributed by atoms with van der Waals surface area (Å²) in [5, 5.41) is 5.91. The van der Waals surface area contributed by atoms with Crippen LogP contribution >= 0.6 is 0 Å². The molecule has 1 heterocycles. The van der Waals surface area contributed by atoms with E-state index in [1.165, 1.54) is 24.8 Å². The summed E-state index contributed by atoms with van der Waals surface area (Å²) in [6, 6.07) is 10.4. The summed E-state index contributed by atoms with van der Waals surface area (Å²) >= 11 is 0. The lowest BCUT2D eigenvalue weighted by Crippen LogP contribution is -2.41. The molecular weight excluding hydrogens is 302 g/mol. The summed E-state index contributed by atoms with van der Waals surface area (Å²) in [7, 11) is 1.66. The molecule has 1 aliphatic carbocycles. The van der Waals surface area contributed by atoms with Crippen molar-refractivity contribution in [1.82, 2.24) is 15.5 Å². The molecule has 0 unspecified atom stereocenters. The summed E-state index contributed by atoms with van der Waals surface area (Å²) < 4.78 is 0. The minimum absolute atomic E-state index is 0.0169. The Kier molecular flexibility index (Phi) is 5.51. The molecule has 0 aromatic heterocycles. The Hall–Kier alpha value is -1.88. The molecule has 2 N–H and O–H groups in total. The van der Waals surface area contributed by atoms with Gasteiger partial charge in [-0.2, -0.15) is 0 Å². The lowest BCUT2D eigenvalue weighted by atomic mass is 9.82. The van der Waals surface area contributed by atoms with Crippen molar-refractivity contribution in [2.75, 3.05) is 26.7 Å². The van der Waals surface area contributed by atoms with E-state index in [2.05, 4.69) is 27.7 Å². The minimum Gasteiger partial charge on any atom is -0.358 e. The van der Waals surface area contributed by atoms with Crippen LogP contribution in [0.4, 0.5) is 0 Å². The molecule has 1 aromatic carbocycles. The molecule has 0 radical (unpaired) electrons. The van der Waals surface area contributed by atoms with Crippen molar-refractivity contribution < 1.29 is 9.59 Å². The molecule has 1 aromatic rings. The van der Waals surface area contributed by atoms with E-state index in [9.17, 15) is 9.59 Å². The number of nitrogens with zero attached hydrogens (tertiary/aromatic N) is 1. The highest BCUT2D eigenvalue weighted by Gasteiger charge is 2.35. The van der Waals surface area contributed by atoms with Gasteiger partial charge in [0, 0.05) is 38.5 Å². The smallest absolute Gasteiger partial charge is 0.233 e. The van der Waals surface area contributed by atoms with Gasteiger partial charge in [0.05, 0.1) is 6.54 Å². The van der Waals surface area contributed by atoms with E-state index in [-0.39, 0.29) is 23.8 Å². The third kappa shape index (κ3) is 4.15. The first-order valence-electron chi connectivity index (χ1n) is 8.93. The second-order valence-corrected chi connectivity index (χ2v) is 7.06. The van der Waals surface area contributed by atoms with Gasteiger partial charge in [0.2, 0.25) is 11.8 Å². The van der Waals surface area contributed by atoms with Crippen LogP contribution in [0.3, 0.4) is 0 Å². The summed E-state index contributed by atoms with van der Waals surface area (Å²) in [5.74, 6) is 0.987. The molecule has 1 saturated heterocycles. The molecule has 2 fully saturated rings. The van der Waals surface area contributed by atoms with E-state index in [1.54, 1.807) is 7.05 Å². The Morgan fingerprint density at radius 1 is 1.12 bits per heavy atom. The van der Waals surface area contributed by atoms with Crippen LogP contribution < -0.4 is 10.6 Å². The Bertz CT molecular complexity index is 571. The molecule has 2 atom stereocenters. The maximum atomic E-state index is 12.4. The second-order valence-electron chi connectivity index (χ2n) is 7.06. The maximum Gasteiger partial charge on any atom is 0.233 e. The number of amides is 2. The van der Waals surface area contributed by atoms with Gasteiger partial charge in [-0.25, -0.2) is 0 Å². The second kappa shape index (κ2) is 7.79. The molecule has 130 valence electrons. The predicted molar refractivity (Wildman–Crippen MR) is 93.6 cm³/mol. The molecule has 0 bridgehead atoms. The first-order chi connectivity index (χ1) is 11.7. The van der Waals surface area contributed by atoms with E-state index in [0.29, 0.717) is 18.9 Å². The highest BCUT2D eigenvalue weighted by atomic mass is 16.2. The van der Waals surface area contributed by atoms with Crippen LogP contribution in [0, 0.1) is 5.92 Å².